The Morgan fingerprint density at radius 3 is 1.88 bits per heavy atom. The van der Waals surface area contributed by atoms with E-state index in [2.05, 4.69) is 43.9 Å². The Hall–Kier alpha value is -1.56. The van der Waals surface area contributed by atoms with Crippen LogP contribution in [0.4, 0.5) is 0 Å². The summed E-state index contributed by atoms with van der Waals surface area (Å²) in [4.78, 5) is 0. The van der Waals surface area contributed by atoms with Gasteiger partial charge >= 0.3 is 0 Å². The molecule has 1 aromatic carbocycles. The monoisotopic (exact) mass is 334 g/mol. The highest BCUT2D eigenvalue weighted by Crippen LogP contribution is 2.35. The summed E-state index contributed by atoms with van der Waals surface area (Å²) < 4.78 is 0. The van der Waals surface area contributed by atoms with E-state index in [1.54, 1.807) is 0 Å². The van der Waals surface area contributed by atoms with E-state index in [0.717, 1.165) is 6.42 Å². The van der Waals surface area contributed by atoms with Crippen molar-refractivity contribution < 1.29 is 0 Å². The Labute approximate surface area is 155 Å². The zero-order valence-corrected chi connectivity index (χ0v) is 15.4. The van der Waals surface area contributed by atoms with Gasteiger partial charge < -0.3 is 0 Å². The van der Waals surface area contributed by atoms with Crippen molar-refractivity contribution in [1.29, 1.82) is 0 Å². The summed E-state index contributed by atoms with van der Waals surface area (Å²) in [5, 5.41) is 0. The molecule has 142 valence electrons. The minimum atomic E-state index is 0. The zero-order valence-electron chi connectivity index (χ0n) is 15.4. The van der Waals surface area contributed by atoms with Crippen LogP contribution in [0.25, 0.3) is 5.57 Å². The lowest BCUT2D eigenvalue weighted by atomic mass is 10.0. The molecule has 2 rings (SSSR count). The molecule has 1 aromatic rings. The predicted molar refractivity (Wildman–Crippen MR) is 121 cm³/mol. The predicted octanol–water partition coefficient (Wildman–Crippen LogP) is 9.05. The van der Waals surface area contributed by atoms with Gasteiger partial charge in [0.2, 0.25) is 0 Å². The van der Waals surface area contributed by atoms with Crippen molar-refractivity contribution in [2.45, 2.75) is 84.1 Å². The van der Waals surface area contributed by atoms with Crippen LogP contribution in [0.1, 0.15) is 87.4 Å². The van der Waals surface area contributed by atoms with Crippen LogP contribution in [0.15, 0.2) is 48.6 Å². The lowest BCUT2D eigenvalue weighted by Gasteiger charge is -2.01. The second kappa shape index (κ2) is 21.4. The van der Waals surface area contributed by atoms with E-state index in [4.69, 9.17) is 0 Å². The molecule has 0 saturated heterocycles. The lowest BCUT2D eigenvalue weighted by Crippen LogP contribution is -1.82. The van der Waals surface area contributed by atoms with E-state index in [1.165, 1.54) is 27.8 Å². The first kappa shape index (κ1) is 33.9. The lowest BCUT2D eigenvalue weighted by molar-refractivity contribution is 1.26. The fourth-order valence-electron chi connectivity index (χ4n) is 2.05. The first-order chi connectivity index (χ1) is 10.2. The molecule has 0 spiro atoms. The van der Waals surface area contributed by atoms with Gasteiger partial charge in [-0.15, -0.1) is 0 Å². The molecule has 0 bridgehead atoms. The molecule has 0 aliphatic heterocycles. The van der Waals surface area contributed by atoms with Crippen molar-refractivity contribution in [3.8, 4) is 0 Å². The van der Waals surface area contributed by atoms with E-state index in [9.17, 15) is 0 Å². The van der Waals surface area contributed by atoms with Crippen molar-refractivity contribution in [1.82, 2.24) is 0 Å². The Bertz CT molecular complexity index is 459. The van der Waals surface area contributed by atoms with Crippen LogP contribution in [0, 0.1) is 6.92 Å². The second-order valence-electron chi connectivity index (χ2n) is 4.05. The van der Waals surface area contributed by atoms with Gasteiger partial charge in [0.1, 0.15) is 0 Å². The van der Waals surface area contributed by atoms with E-state index >= 15 is 0 Å². The summed E-state index contributed by atoms with van der Waals surface area (Å²) in [5.41, 5.74) is 6.62. The van der Waals surface area contributed by atoms with Crippen LogP contribution < -0.4 is 0 Å². The average molecular weight is 335 g/mol. The number of fused-ring (bicyclic) bond motifs is 1. The summed E-state index contributed by atoms with van der Waals surface area (Å²) in [6.45, 7) is 20.3. The van der Waals surface area contributed by atoms with Crippen molar-refractivity contribution in [2.75, 3.05) is 0 Å². The molecule has 0 nitrogen and oxygen atoms in total. The number of rotatable bonds is 1. The normalized spacial score (nSPS) is 11.8. The molecule has 0 N–H and O–H groups in total. The minimum absolute atomic E-state index is 0. The van der Waals surface area contributed by atoms with Gasteiger partial charge in [-0.25, -0.2) is 0 Å². The van der Waals surface area contributed by atoms with Crippen molar-refractivity contribution in [2.24, 2.45) is 0 Å². The molecule has 1 aliphatic carbocycles. The van der Waals surface area contributed by atoms with Crippen LogP contribution in [0.3, 0.4) is 0 Å². The zero-order chi connectivity index (χ0) is 16.8. The molecule has 0 amide bonds. The molecule has 0 heteroatoms. The van der Waals surface area contributed by atoms with Gasteiger partial charge in [-0.3, -0.25) is 0 Å². The Kier molecular flexibility index (Phi) is 30.3. The highest BCUT2D eigenvalue weighted by Gasteiger charge is 2.18. The molecule has 0 aromatic heterocycles. The van der Waals surface area contributed by atoms with Gasteiger partial charge in [0.05, 0.1) is 0 Å². The summed E-state index contributed by atoms with van der Waals surface area (Å²) in [6.07, 6.45) is 7.28. The highest BCUT2D eigenvalue weighted by atomic mass is 14.2. The number of hydrogen-bond acceptors (Lipinski definition) is 0. The van der Waals surface area contributed by atoms with E-state index in [-0.39, 0.29) is 22.3 Å². The maximum Gasteiger partial charge on any atom is -0.00192 e. The van der Waals surface area contributed by atoms with Gasteiger partial charge in [-0.1, -0.05) is 112 Å². The SMILES string of the molecule is C.C.C.C=C1Cc2cc(C)ccc2/C1=C/C=C\C.CC.CC.CC. The highest BCUT2D eigenvalue weighted by molar-refractivity contribution is 5.86. The summed E-state index contributed by atoms with van der Waals surface area (Å²) in [5.74, 6) is 0. The molecule has 0 heterocycles. The number of benzene rings is 1. The molecular weight excluding hydrogens is 288 g/mol. The van der Waals surface area contributed by atoms with Crippen LogP contribution in [-0.2, 0) is 6.42 Å². The van der Waals surface area contributed by atoms with Crippen LogP contribution in [-0.4, -0.2) is 0 Å². The van der Waals surface area contributed by atoms with Crippen molar-refractivity contribution in [3.63, 3.8) is 0 Å². The molecule has 1 aliphatic rings. The fourth-order valence-corrected chi connectivity index (χ4v) is 2.05. The molecule has 0 unspecified atom stereocenters. The fraction of sp³-hybridized carbons (Fsp3) is 0.500. The first-order valence-electron chi connectivity index (χ1n) is 8.33. The van der Waals surface area contributed by atoms with Crippen LogP contribution >= 0.6 is 0 Å². The number of allylic oxidation sites excluding steroid dienone is 5. The van der Waals surface area contributed by atoms with Gasteiger partial charge in [0.25, 0.3) is 0 Å². The molecular formula is C24H46. The van der Waals surface area contributed by atoms with Crippen molar-refractivity contribution in [3.05, 3.63) is 65.3 Å². The van der Waals surface area contributed by atoms with Gasteiger partial charge in [-0.2, -0.15) is 0 Å². The number of hydrogen-bond donors (Lipinski definition) is 0. The first-order valence-corrected chi connectivity index (χ1v) is 8.33. The largest absolute Gasteiger partial charge is 0.0949 e. The Balaban J connectivity index is -0.000000121. The van der Waals surface area contributed by atoms with E-state index in [0.29, 0.717) is 0 Å². The third-order valence-corrected chi connectivity index (χ3v) is 2.79. The smallest absolute Gasteiger partial charge is 0.00192 e. The van der Waals surface area contributed by atoms with E-state index < -0.39 is 0 Å². The van der Waals surface area contributed by atoms with Crippen molar-refractivity contribution >= 4 is 5.57 Å². The standard InChI is InChI=1S/C15H16.3C2H6.3CH4/c1-4-5-6-14-12(3)10-13-9-11(2)7-8-15(13)14;3*1-2;;;/h4-9H,3,10H2,1-2H3;3*1-2H3;3*1H4/b5-4-,14-6+;;;;;;. The summed E-state index contributed by atoms with van der Waals surface area (Å²) >= 11 is 0. The summed E-state index contributed by atoms with van der Waals surface area (Å²) in [7, 11) is 0. The maximum absolute atomic E-state index is 4.13. The third kappa shape index (κ3) is 10.3. The molecule has 24 heavy (non-hydrogen) atoms. The Morgan fingerprint density at radius 1 is 0.917 bits per heavy atom. The number of aryl methyl sites for hydroxylation is 1. The second-order valence-corrected chi connectivity index (χ2v) is 4.05. The Morgan fingerprint density at radius 2 is 1.42 bits per heavy atom. The van der Waals surface area contributed by atoms with Gasteiger partial charge in [0, 0.05) is 0 Å². The topological polar surface area (TPSA) is 0 Å². The van der Waals surface area contributed by atoms with Gasteiger partial charge in [0.15, 0.2) is 0 Å². The third-order valence-electron chi connectivity index (χ3n) is 2.79. The quantitative estimate of drug-likeness (QED) is 0.480. The molecule has 0 fully saturated rings. The molecule has 0 atom stereocenters. The van der Waals surface area contributed by atoms with Crippen LogP contribution in [0.5, 0.6) is 0 Å². The maximum atomic E-state index is 4.13. The molecule has 0 radical (unpaired) electrons. The van der Waals surface area contributed by atoms with E-state index in [1.807, 2.05) is 54.5 Å². The average Bonchev–Trinajstić information content (AvgIpc) is 2.85. The van der Waals surface area contributed by atoms with Gasteiger partial charge in [-0.05, 0) is 42.5 Å². The minimum Gasteiger partial charge on any atom is -0.0949 e. The molecule has 0 saturated carbocycles. The summed E-state index contributed by atoms with van der Waals surface area (Å²) in [6, 6.07) is 6.64. The van der Waals surface area contributed by atoms with Crippen LogP contribution in [0.2, 0.25) is 0 Å².